The van der Waals surface area contributed by atoms with Gasteiger partial charge < -0.3 is 15.0 Å². The maximum Gasteiger partial charge on any atom is 0.264 e. The van der Waals surface area contributed by atoms with Crippen LogP contribution in [0.1, 0.15) is 38.8 Å². The summed E-state index contributed by atoms with van der Waals surface area (Å²) in [7, 11) is -2.70. The molecule has 1 N–H and O–H groups in total. The van der Waals surface area contributed by atoms with Gasteiger partial charge in [0.15, 0.2) is 0 Å². The van der Waals surface area contributed by atoms with Crippen molar-refractivity contribution in [2.45, 2.75) is 57.6 Å². The van der Waals surface area contributed by atoms with Crippen molar-refractivity contribution in [1.82, 2.24) is 10.2 Å². The predicted molar refractivity (Wildman–Crippen MR) is 158 cm³/mol. The summed E-state index contributed by atoms with van der Waals surface area (Å²) in [6.45, 7) is 8.45. The number of ether oxygens (including phenoxy) is 1. The molecule has 10 heteroatoms. The molecule has 0 saturated carbocycles. The summed E-state index contributed by atoms with van der Waals surface area (Å²) in [5.74, 6) is -0.517. The minimum atomic E-state index is -4.18. The molecule has 0 aliphatic carbocycles. The molecule has 214 valence electrons. The van der Waals surface area contributed by atoms with Gasteiger partial charge in [0.25, 0.3) is 10.0 Å². The smallest absolute Gasteiger partial charge is 0.264 e. The number of benzene rings is 3. The van der Waals surface area contributed by atoms with Crippen LogP contribution in [0, 0.1) is 6.92 Å². The van der Waals surface area contributed by atoms with Gasteiger partial charge in [0, 0.05) is 23.2 Å². The number of aryl methyl sites for hydroxylation is 1. The Balaban J connectivity index is 2.07. The van der Waals surface area contributed by atoms with E-state index < -0.39 is 34.1 Å². The number of rotatable bonds is 10. The van der Waals surface area contributed by atoms with Crippen LogP contribution in [-0.2, 0) is 26.2 Å². The third kappa shape index (κ3) is 7.76. The minimum absolute atomic E-state index is 0.00770. The van der Waals surface area contributed by atoms with Crippen LogP contribution < -0.4 is 14.4 Å². The van der Waals surface area contributed by atoms with E-state index in [0.717, 1.165) is 9.87 Å². The Bertz CT molecular complexity index is 1450. The first kappa shape index (κ1) is 31.0. The summed E-state index contributed by atoms with van der Waals surface area (Å²) in [4.78, 5) is 28.6. The van der Waals surface area contributed by atoms with Crippen LogP contribution in [0.25, 0.3) is 0 Å². The van der Waals surface area contributed by atoms with Crippen molar-refractivity contribution in [3.05, 3.63) is 88.9 Å². The molecule has 40 heavy (non-hydrogen) atoms. The molecule has 0 spiro atoms. The molecule has 2 amide bonds. The molecular weight excluding hydrogens is 550 g/mol. The van der Waals surface area contributed by atoms with E-state index in [1.54, 1.807) is 67.6 Å². The number of halogens is 1. The number of amides is 2. The Morgan fingerprint density at radius 1 is 1.00 bits per heavy atom. The van der Waals surface area contributed by atoms with E-state index >= 15 is 0 Å². The summed E-state index contributed by atoms with van der Waals surface area (Å²) in [5.41, 5.74) is 1.24. The van der Waals surface area contributed by atoms with Crippen LogP contribution >= 0.6 is 11.6 Å². The Morgan fingerprint density at radius 3 is 2.25 bits per heavy atom. The molecule has 0 heterocycles. The molecule has 0 aliphatic heterocycles. The highest BCUT2D eigenvalue weighted by Crippen LogP contribution is 2.28. The Labute approximate surface area is 241 Å². The maximum atomic E-state index is 14.0. The van der Waals surface area contributed by atoms with E-state index in [1.807, 2.05) is 27.7 Å². The van der Waals surface area contributed by atoms with Crippen molar-refractivity contribution in [2.24, 2.45) is 0 Å². The topological polar surface area (TPSA) is 96.0 Å². The van der Waals surface area contributed by atoms with E-state index in [9.17, 15) is 18.0 Å². The number of carbonyl (C=O) groups excluding carboxylic acids is 2. The van der Waals surface area contributed by atoms with Gasteiger partial charge in [-0.15, -0.1) is 0 Å². The van der Waals surface area contributed by atoms with Crippen molar-refractivity contribution in [1.29, 1.82) is 0 Å². The van der Waals surface area contributed by atoms with Crippen LogP contribution in [0.5, 0.6) is 5.75 Å². The lowest BCUT2D eigenvalue weighted by Gasteiger charge is -2.33. The van der Waals surface area contributed by atoms with Crippen LogP contribution in [0.15, 0.2) is 77.7 Å². The third-order valence-electron chi connectivity index (χ3n) is 6.19. The first-order chi connectivity index (χ1) is 18.7. The highest BCUT2D eigenvalue weighted by molar-refractivity contribution is 7.92. The quantitative estimate of drug-likeness (QED) is 0.353. The van der Waals surface area contributed by atoms with Gasteiger partial charge in [0.05, 0.1) is 17.7 Å². The van der Waals surface area contributed by atoms with Gasteiger partial charge in [-0.1, -0.05) is 53.6 Å². The molecule has 0 aromatic heterocycles. The van der Waals surface area contributed by atoms with E-state index in [1.165, 1.54) is 24.1 Å². The number of hydrogen-bond donors (Lipinski definition) is 1. The van der Waals surface area contributed by atoms with Gasteiger partial charge in [0.1, 0.15) is 18.3 Å². The molecule has 3 rings (SSSR count). The van der Waals surface area contributed by atoms with Gasteiger partial charge in [-0.3, -0.25) is 13.9 Å². The lowest BCUT2D eigenvalue weighted by molar-refractivity contribution is -0.140. The first-order valence-electron chi connectivity index (χ1n) is 12.8. The second-order valence-electron chi connectivity index (χ2n) is 10.6. The minimum Gasteiger partial charge on any atom is -0.497 e. The van der Waals surface area contributed by atoms with Gasteiger partial charge in [-0.25, -0.2) is 8.42 Å². The molecule has 1 atom stereocenters. The van der Waals surface area contributed by atoms with Gasteiger partial charge in [-0.2, -0.15) is 0 Å². The number of nitrogens with one attached hydrogen (secondary N) is 1. The zero-order valence-electron chi connectivity index (χ0n) is 23.6. The maximum absolute atomic E-state index is 14.0. The third-order valence-corrected chi connectivity index (χ3v) is 8.35. The number of anilines is 1. The van der Waals surface area contributed by atoms with E-state index in [4.69, 9.17) is 16.3 Å². The SMILES string of the molecule is COc1cccc(N(CC(=O)N(Cc2ccccc2Cl)C(C)C(=O)NC(C)(C)C)S(=O)(=O)c2ccc(C)cc2)c1. The summed E-state index contributed by atoms with van der Waals surface area (Å²) in [6.07, 6.45) is 0. The number of methoxy groups -OCH3 is 1. The van der Waals surface area contributed by atoms with Crippen molar-refractivity contribution >= 4 is 39.1 Å². The molecule has 1 unspecified atom stereocenters. The number of hydrogen-bond acceptors (Lipinski definition) is 5. The fraction of sp³-hybridized carbons (Fsp3) is 0.333. The molecule has 3 aromatic rings. The summed E-state index contributed by atoms with van der Waals surface area (Å²) >= 11 is 6.41. The lowest BCUT2D eigenvalue weighted by Crippen LogP contribution is -2.54. The van der Waals surface area contributed by atoms with Crippen molar-refractivity contribution in [3.8, 4) is 5.75 Å². The average molecular weight is 586 g/mol. The van der Waals surface area contributed by atoms with E-state index in [2.05, 4.69) is 5.32 Å². The molecule has 0 fully saturated rings. The standard InChI is InChI=1S/C30H36ClN3O5S/c1-21-14-16-26(17-15-21)40(37,38)34(24-11-9-12-25(18-24)39-6)20-28(35)33(19-23-10-7-8-13-27(23)31)22(2)29(36)32-30(3,4)5/h7-18,22H,19-20H2,1-6H3,(H,32,36). The fourth-order valence-electron chi connectivity index (χ4n) is 4.00. The zero-order chi connectivity index (χ0) is 29.7. The normalized spacial score (nSPS) is 12.4. The number of nitrogens with zero attached hydrogens (tertiary/aromatic N) is 2. The monoisotopic (exact) mass is 585 g/mol. The number of carbonyl (C=O) groups is 2. The van der Waals surface area contributed by atoms with Crippen LogP contribution in [0.3, 0.4) is 0 Å². The van der Waals surface area contributed by atoms with Crippen LogP contribution in [0.4, 0.5) is 5.69 Å². The molecule has 0 aliphatic rings. The Morgan fingerprint density at radius 2 is 1.65 bits per heavy atom. The fourth-order valence-corrected chi connectivity index (χ4v) is 5.60. The summed E-state index contributed by atoms with van der Waals surface area (Å²) < 4.78 is 34.2. The second kappa shape index (κ2) is 12.7. The highest BCUT2D eigenvalue weighted by Gasteiger charge is 2.33. The Hall–Kier alpha value is -3.56. The first-order valence-corrected chi connectivity index (χ1v) is 14.6. The summed E-state index contributed by atoms with van der Waals surface area (Å²) in [5, 5.41) is 3.33. The Kier molecular flexibility index (Phi) is 9.87. The van der Waals surface area contributed by atoms with Gasteiger partial charge in [0.2, 0.25) is 11.8 Å². The number of sulfonamides is 1. The van der Waals surface area contributed by atoms with Gasteiger partial charge >= 0.3 is 0 Å². The molecular formula is C30H36ClN3O5S. The zero-order valence-corrected chi connectivity index (χ0v) is 25.2. The summed E-state index contributed by atoms with van der Waals surface area (Å²) in [6, 6.07) is 19.0. The van der Waals surface area contributed by atoms with Crippen molar-refractivity contribution in [2.75, 3.05) is 18.0 Å². The lowest BCUT2D eigenvalue weighted by atomic mass is 10.1. The molecule has 0 bridgehead atoms. The van der Waals surface area contributed by atoms with Gasteiger partial charge in [-0.05, 0) is 70.5 Å². The van der Waals surface area contributed by atoms with Crippen molar-refractivity contribution < 1.29 is 22.7 Å². The predicted octanol–water partition coefficient (Wildman–Crippen LogP) is 5.18. The highest BCUT2D eigenvalue weighted by atomic mass is 35.5. The molecule has 3 aromatic carbocycles. The molecule has 0 radical (unpaired) electrons. The van der Waals surface area contributed by atoms with Crippen molar-refractivity contribution in [3.63, 3.8) is 0 Å². The van der Waals surface area contributed by atoms with E-state index in [-0.39, 0.29) is 23.0 Å². The largest absolute Gasteiger partial charge is 0.497 e. The van der Waals surface area contributed by atoms with Crippen LogP contribution in [0.2, 0.25) is 5.02 Å². The molecule has 8 nitrogen and oxygen atoms in total. The average Bonchev–Trinajstić information content (AvgIpc) is 2.90. The molecule has 0 saturated heterocycles. The van der Waals surface area contributed by atoms with E-state index in [0.29, 0.717) is 16.3 Å². The van der Waals surface area contributed by atoms with Crippen LogP contribution in [-0.4, -0.2) is 50.4 Å². The second-order valence-corrected chi connectivity index (χ2v) is 12.8.